The standard InChI is InChI=1S/C29H44O3/c1-10-11-12-13-17-32-27-24(28(4,5)6)19-23(20-25(27)29(7,8)9)22(3)16-14-15-21(2)18-26(30)31/h14-16,18-20H,10-13,17H2,1-9H3,(H,30,31). The maximum Gasteiger partial charge on any atom is 0.328 e. The predicted molar refractivity (Wildman–Crippen MR) is 138 cm³/mol. The van der Waals surface area contributed by atoms with Crippen molar-refractivity contribution in [3.05, 3.63) is 58.7 Å². The summed E-state index contributed by atoms with van der Waals surface area (Å²) in [6, 6.07) is 4.52. The van der Waals surface area contributed by atoms with Crippen LogP contribution >= 0.6 is 0 Å². The highest BCUT2D eigenvalue weighted by Crippen LogP contribution is 2.42. The predicted octanol–water partition coefficient (Wildman–Crippen LogP) is 8.23. The fraction of sp³-hybridized carbons (Fsp3) is 0.552. The summed E-state index contributed by atoms with van der Waals surface area (Å²) in [5.41, 5.74) is 5.37. The van der Waals surface area contributed by atoms with E-state index in [1.54, 1.807) is 6.92 Å². The molecule has 0 amide bonds. The Morgan fingerprint density at radius 2 is 1.53 bits per heavy atom. The number of carbonyl (C=O) groups is 1. The quantitative estimate of drug-likeness (QED) is 0.226. The maximum absolute atomic E-state index is 10.8. The summed E-state index contributed by atoms with van der Waals surface area (Å²) >= 11 is 0. The summed E-state index contributed by atoms with van der Waals surface area (Å²) in [7, 11) is 0. The molecule has 178 valence electrons. The molecule has 1 aromatic carbocycles. The van der Waals surface area contributed by atoms with Gasteiger partial charge in [0, 0.05) is 17.2 Å². The van der Waals surface area contributed by atoms with Crippen LogP contribution in [0.1, 0.15) is 105 Å². The molecule has 0 aliphatic carbocycles. The van der Waals surface area contributed by atoms with Gasteiger partial charge in [-0.25, -0.2) is 4.79 Å². The number of ether oxygens (including phenoxy) is 1. The normalized spacial score (nSPS) is 13.7. The third-order valence-corrected chi connectivity index (χ3v) is 5.46. The van der Waals surface area contributed by atoms with Crippen LogP contribution in [0.15, 0.2) is 42.0 Å². The second-order valence-electron chi connectivity index (χ2n) is 10.7. The number of carboxylic acid groups (broad SMARTS) is 1. The molecule has 0 aliphatic rings. The lowest BCUT2D eigenvalue weighted by atomic mass is 9.77. The first-order chi connectivity index (χ1) is 14.8. The van der Waals surface area contributed by atoms with E-state index in [1.165, 1.54) is 42.0 Å². The average molecular weight is 441 g/mol. The Bertz CT molecular complexity index is 820. The van der Waals surface area contributed by atoms with Gasteiger partial charge in [0.2, 0.25) is 0 Å². The smallest absolute Gasteiger partial charge is 0.328 e. The van der Waals surface area contributed by atoms with Crippen LogP contribution in [0.25, 0.3) is 5.57 Å². The van der Waals surface area contributed by atoms with Gasteiger partial charge in [0.05, 0.1) is 6.61 Å². The number of unbranched alkanes of at least 4 members (excludes halogenated alkanes) is 3. The summed E-state index contributed by atoms with van der Waals surface area (Å²) in [6.45, 7) is 20.3. The van der Waals surface area contributed by atoms with Crippen molar-refractivity contribution in [3.8, 4) is 5.75 Å². The van der Waals surface area contributed by atoms with Gasteiger partial charge in [-0.2, -0.15) is 0 Å². The first kappa shape index (κ1) is 27.7. The number of hydrogen-bond acceptors (Lipinski definition) is 2. The number of aliphatic carboxylic acids is 1. The van der Waals surface area contributed by atoms with E-state index in [9.17, 15) is 4.79 Å². The zero-order valence-electron chi connectivity index (χ0n) is 21.8. The van der Waals surface area contributed by atoms with E-state index in [4.69, 9.17) is 9.84 Å². The van der Waals surface area contributed by atoms with Gasteiger partial charge in [0.15, 0.2) is 0 Å². The number of benzene rings is 1. The fourth-order valence-corrected chi connectivity index (χ4v) is 3.51. The molecule has 3 heteroatoms. The van der Waals surface area contributed by atoms with Gasteiger partial charge in [0.25, 0.3) is 0 Å². The molecule has 0 saturated heterocycles. The molecule has 0 aliphatic heterocycles. The lowest BCUT2D eigenvalue weighted by Crippen LogP contribution is -2.20. The van der Waals surface area contributed by atoms with Crippen LogP contribution in [0.2, 0.25) is 0 Å². The fourth-order valence-electron chi connectivity index (χ4n) is 3.51. The molecule has 0 saturated carbocycles. The number of rotatable bonds is 10. The van der Waals surface area contributed by atoms with Crippen molar-refractivity contribution in [2.45, 2.75) is 98.8 Å². The summed E-state index contributed by atoms with van der Waals surface area (Å²) in [5.74, 6) is 0.108. The summed E-state index contributed by atoms with van der Waals surface area (Å²) < 4.78 is 6.46. The molecule has 3 nitrogen and oxygen atoms in total. The van der Waals surface area contributed by atoms with Crippen LogP contribution in [0.3, 0.4) is 0 Å². The molecule has 0 spiro atoms. The van der Waals surface area contributed by atoms with Gasteiger partial charge in [-0.3, -0.25) is 0 Å². The molecule has 1 rings (SSSR count). The summed E-state index contributed by atoms with van der Waals surface area (Å²) in [5, 5.41) is 8.88. The SMILES string of the molecule is CCCCCCOc1c(C(C)(C)C)cc(C(C)=CC=CC(C)=CC(=O)O)cc1C(C)(C)C. The molecule has 32 heavy (non-hydrogen) atoms. The van der Waals surface area contributed by atoms with Crippen molar-refractivity contribution >= 4 is 11.5 Å². The van der Waals surface area contributed by atoms with Crippen molar-refractivity contribution < 1.29 is 14.6 Å². The van der Waals surface area contributed by atoms with Gasteiger partial charge in [-0.05, 0) is 59.9 Å². The number of hydrogen-bond donors (Lipinski definition) is 1. The van der Waals surface area contributed by atoms with Crippen molar-refractivity contribution in [1.82, 2.24) is 0 Å². The summed E-state index contributed by atoms with van der Waals surface area (Å²) in [6.07, 6.45) is 11.7. The zero-order valence-corrected chi connectivity index (χ0v) is 21.8. The van der Waals surface area contributed by atoms with Crippen LogP contribution in [0.5, 0.6) is 5.75 Å². The maximum atomic E-state index is 10.8. The molecule has 0 atom stereocenters. The van der Waals surface area contributed by atoms with E-state index in [-0.39, 0.29) is 10.8 Å². The molecule has 0 radical (unpaired) electrons. The van der Waals surface area contributed by atoms with Gasteiger partial charge in [0.1, 0.15) is 5.75 Å². The second-order valence-corrected chi connectivity index (χ2v) is 10.7. The molecule has 0 aromatic heterocycles. The first-order valence-electron chi connectivity index (χ1n) is 11.9. The zero-order chi connectivity index (χ0) is 24.5. The van der Waals surface area contributed by atoms with E-state index >= 15 is 0 Å². The third kappa shape index (κ3) is 9.06. The Hall–Kier alpha value is -2.29. The van der Waals surface area contributed by atoms with Gasteiger partial charge < -0.3 is 9.84 Å². The first-order valence-corrected chi connectivity index (χ1v) is 11.9. The van der Waals surface area contributed by atoms with Crippen molar-refractivity contribution in [2.24, 2.45) is 0 Å². The minimum absolute atomic E-state index is 0.0499. The Kier molecular flexibility index (Phi) is 10.5. The van der Waals surface area contributed by atoms with Gasteiger partial charge in [-0.1, -0.05) is 86.0 Å². The van der Waals surface area contributed by atoms with E-state index in [0.29, 0.717) is 5.57 Å². The Morgan fingerprint density at radius 1 is 0.969 bits per heavy atom. The Morgan fingerprint density at radius 3 is 2.00 bits per heavy atom. The van der Waals surface area contributed by atoms with E-state index in [1.807, 2.05) is 18.2 Å². The van der Waals surface area contributed by atoms with Crippen molar-refractivity contribution in [3.63, 3.8) is 0 Å². The highest BCUT2D eigenvalue weighted by molar-refractivity contribution is 5.81. The molecular formula is C29H44O3. The van der Waals surface area contributed by atoms with Crippen LogP contribution in [-0.2, 0) is 15.6 Å². The monoisotopic (exact) mass is 440 g/mol. The highest BCUT2D eigenvalue weighted by atomic mass is 16.5. The second kappa shape index (κ2) is 12.1. The van der Waals surface area contributed by atoms with Crippen LogP contribution < -0.4 is 4.74 Å². The Balaban J connectivity index is 3.42. The summed E-state index contributed by atoms with van der Waals surface area (Å²) in [4.78, 5) is 10.8. The third-order valence-electron chi connectivity index (χ3n) is 5.46. The lowest BCUT2D eigenvalue weighted by molar-refractivity contribution is -0.131. The Labute approximate surface area is 196 Å². The molecule has 0 unspecified atom stereocenters. The van der Waals surface area contributed by atoms with Crippen molar-refractivity contribution in [1.29, 1.82) is 0 Å². The van der Waals surface area contributed by atoms with Gasteiger partial charge in [-0.15, -0.1) is 0 Å². The molecule has 0 heterocycles. The van der Waals surface area contributed by atoms with Crippen LogP contribution in [0.4, 0.5) is 0 Å². The molecule has 0 fully saturated rings. The number of allylic oxidation sites excluding steroid dienone is 5. The lowest BCUT2D eigenvalue weighted by Gasteiger charge is -2.31. The molecule has 1 aromatic rings. The minimum atomic E-state index is -0.928. The minimum Gasteiger partial charge on any atom is -0.493 e. The van der Waals surface area contributed by atoms with Crippen LogP contribution in [0, 0.1) is 0 Å². The molecule has 0 bridgehead atoms. The van der Waals surface area contributed by atoms with E-state index in [2.05, 4.69) is 67.5 Å². The largest absolute Gasteiger partial charge is 0.493 e. The van der Waals surface area contributed by atoms with Gasteiger partial charge >= 0.3 is 5.97 Å². The van der Waals surface area contributed by atoms with Crippen LogP contribution in [-0.4, -0.2) is 17.7 Å². The molecule has 1 N–H and O–H groups in total. The average Bonchev–Trinajstić information content (AvgIpc) is 2.65. The number of carboxylic acids is 1. The van der Waals surface area contributed by atoms with E-state index < -0.39 is 5.97 Å². The van der Waals surface area contributed by atoms with E-state index in [0.717, 1.165) is 24.4 Å². The highest BCUT2D eigenvalue weighted by Gasteiger charge is 2.28. The molecular weight excluding hydrogens is 396 g/mol. The van der Waals surface area contributed by atoms with Crippen molar-refractivity contribution in [2.75, 3.05) is 6.61 Å². The topological polar surface area (TPSA) is 46.5 Å².